The molecule has 0 saturated heterocycles. The lowest BCUT2D eigenvalue weighted by molar-refractivity contribution is -0.0129. The highest BCUT2D eigenvalue weighted by Gasteiger charge is 2.31. The summed E-state index contributed by atoms with van der Waals surface area (Å²) in [5, 5.41) is 9.01. The standard InChI is InChI=1S/C28H33NO/c1-2-3-4-5-6-7-11-22-30-28(27-12-9-8-10-13-27)20-18-26(19-21-28)25-16-14-24(23-29)15-17-25/h8-10,12-20H,2-7,11,21-22H2,1H3. The molecule has 30 heavy (non-hydrogen) atoms. The normalized spacial score (nSPS) is 18.1. The second-order valence-corrected chi connectivity index (χ2v) is 8.11. The molecule has 0 amide bonds. The van der Waals surface area contributed by atoms with Crippen molar-refractivity contribution in [2.45, 2.75) is 63.9 Å². The minimum atomic E-state index is -0.389. The maximum absolute atomic E-state index is 9.01. The first-order valence-electron chi connectivity index (χ1n) is 11.4. The molecule has 1 atom stereocenters. The van der Waals surface area contributed by atoms with Crippen LogP contribution in [0.3, 0.4) is 0 Å². The van der Waals surface area contributed by atoms with Gasteiger partial charge in [-0.3, -0.25) is 0 Å². The van der Waals surface area contributed by atoms with Gasteiger partial charge in [-0.15, -0.1) is 0 Å². The molecule has 0 saturated carbocycles. The predicted octanol–water partition coefficient (Wildman–Crippen LogP) is 7.56. The Morgan fingerprint density at radius 1 is 0.900 bits per heavy atom. The third-order valence-electron chi connectivity index (χ3n) is 5.87. The van der Waals surface area contributed by atoms with E-state index in [0.717, 1.165) is 25.0 Å². The van der Waals surface area contributed by atoms with Crippen LogP contribution in [0.2, 0.25) is 0 Å². The molecule has 2 aromatic rings. The van der Waals surface area contributed by atoms with Gasteiger partial charge in [0.15, 0.2) is 0 Å². The highest BCUT2D eigenvalue weighted by molar-refractivity contribution is 5.76. The Morgan fingerprint density at radius 2 is 1.60 bits per heavy atom. The van der Waals surface area contributed by atoms with E-state index in [9.17, 15) is 0 Å². The second-order valence-electron chi connectivity index (χ2n) is 8.11. The van der Waals surface area contributed by atoms with Gasteiger partial charge in [0.05, 0.1) is 11.6 Å². The average Bonchev–Trinajstić information content (AvgIpc) is 2.82. The summed E-state index contributed by atoms with van der Waals surface area (Å²) >= 11 is 0. The van der Waals surface area contributed by atoms with Gasteiger partial charge in [-0.25, -0.2) is 0 Å². The summed E-state index contributed by atoms with van der Waals surface area (Å²) in [6.45, 7) is 3.04. The minimum absolute atomic E-state index is 0.389. The van der Waals surface area contributed by atoms with Crippen molar-refractivity contribution in [3.05, 3.63) is 89.5 Å². The molecule has 1 unspecified atom stereocenters. The Bertz CT molecular complexity index is 873. The van der Waals surface area contributed by atoms with Crippen LogP contribution in [-0.2, 0) is 10.3 Å². The van der Waals surface area contributed by atoms with Gasteiger partial charge >= 0.3 is 0 Å². The van der Waals surface area contributed by atoms with Crippen LogP contribution in [0.25, 0.3) is 5.57 Å². The van der Waals surface area contributed by atoms with Gasteiger partial charge in [0.1, 0.15) is 5.60 Å². The summed E-state index contributed by atoms with van der Waals surface area (Å²) in [5.74, 6) is 0. The van der Waals surface area contributed by atoms with E-state index in [-0.39, 0.29) is 5.60 Å². The number of ether oxygens (including phenoxy) is 1. The van der Waals surface area contributed by atoms with Crippen LogP contribution in [-0.4, -0.2) is 6.61 Å². The molecular weight excluding hydrogens is 366 g/mol. The number of nitrogens with zero attached hydrogens (tertiary/aromatic N) is 1. The van der Waals surface area contributed by atoms with Gasteiger partial charge in [0.2, 0.25) is 0 Å². The van der Waals surface area contributed by atoms with E-state index in [0.29, 0.717) is 5.56 Å². The average molecular weight is 400 g/mol. The van der Waals surface area contributed by atoms with Crippen LogP contribution in [0.4, 0.5) is 0 Å². The van der Waals surface area contributed by atoms with Crippen molar-refractivity contribution in [1.82, 2.24) is 0 Å². The number of unbranched alkanes of at least 4 members (excludes halogenated alkanes) is 6. The summed E-state index contributed by atoms with van der Waals surface area (Å²) < 4.78 is 6.53. The minimum Gasteiger partial charge on any atom is -0.366 e. The molecule has 0 N–H and O–H groups in total. The van der Waals surface area contributed by atoms with Gasteiger partial charge in [0.25, 0.3) is 0 Å². The smallest absolute Gasteiger partial charge is 0.115 e. The molecule has 0 bridgehead atoms. The molecule has 2 nitrogen and oxygen atoms in total. The van der Waals surface area contributed by atoms with Gasteiger partial charge in [-0.1, -0.05) is 100 Å². The van der Waals surface area contributed by atoms with Crippen LogP contribution in [0.1, 0.15) is 75.0 Å². The van der Waals surface area contributed by atoms with Gasteiger partial charge < -0.3 is 4.74 Å². The summed E-state index contributed by atoms with van der Waals surface area (Å²) in [6, 6.07) is 20.5. The van der Waals surface area contributed by atoms with Crippen molar-refractivity contribution < 1.29 is 4.74 Å². The quantitative estimate of drug-likeness (QED) is 0.365. The lowest BCUT2D eigenvalue weighted by Gasteiger charge is -2.33. The molecular formula is C28H33NO. The van der Waals surface area contributed by atoms with Crippen LogP contribution >= 0.6 is 0 Å². The molecule has 2 heteroatoms. The molecule has 0 aliphatic heterocycles. The Morgan fingerprint density at radius 3 is 2.23 bits per heavy atom. The molecule has 3 rings (SSSR count). The highest BCUT2D eigenvalue weighted by Crippen LogP contribution is 2.37. The van der Waals surface area contributed by atoms with E-state index >= 15 is 0 Å². The lowest BCUT2D eigenvalue weighted by Crippen LogP contribution is -2.29. The molecule has 0 radical (unpaired) electrons. The Labute approximate surface area is 181 Å². The molecule has 1 aliphatic carbocycles. The van der Waals surface area contributed by atoms with Crippen LogP contribution < -0.4 is 0 Å². The second kappa shape index (κ2) is 11.5. The first kappa shape index (κ1) is 22.1. The largest absolute Gasteiger partial charge is 0.366 e. The van der Waals surface area contributed by atoms with E-state index < -0.39 is 0 Å². The van der Waals surface area contributed by atoms with Gasteiger partial charge in [-0.05, 0) is 41.3 Å². The highest BCUT2D eigenvalue weighted by atomic mass is 16.5. The number of rotatable bonds is 11. The van der Waals surface area contributed by atoms with Gasteiger partial charge in [-0.2, -0.15) is 5.26 Å². The maximum Gasteiger partial charge on any atom is 0.115 e. The number of hydrogen-bond donors (Lipinski definition) is 0. The van der Waals surface area contributed by atoms with Crippen molar-refractivity contribution in [3.63, 3.8) is 0 Å². The number of nitriles is 1. The molecule has 156 valence electrons. The first-order valence-corrected chi connectivity index (χ1v) is 11.4. The van der Waals surface area contributed by atoms with Crippen molar-refractivity contribution in [2.75, 3.05) is 6.61 Å². The third kappa shape index (κ3) is 5.94. The van der Waals surface area contributed by atoms with Crippen molar-refractivity contribution >= 4 is 5.57 Å². The van der Waals surface area contributed by atoms with E-state index in [4.69, 9.17) is 10.00 Å². The van der Waals surface area contributed by atoms with Crippen LogP contribution in [0.5, 0.6) is 0 Å². The fraction of sp³-hybridized carbons (Fsp3) is 0.393. The lowest BCUT2D eigenvalue weighted by atomic mass is 9.84. The van der Waals surface area contributed by atoms with Gasteiger partial charge in [0, 0.05) is 13.0 Å². The Hall–Kier alpha value is -2.63. The SMILES string of the molecule is CCCCCCCCCOC1(c2ccccc2)C=CC(c2ccc(C#N)cc2)=CC1. The first-order chi connectivity index (χ1) is 14.8. The summed E-state index contributed by atoms with van der Waals surface area (Å²) in [5.41, 5.74) is 3.83. The summed E-state index contributed by atoms with van der Waals surface area (Å²) in [4.78, 5) is 0. The zero-order valence-corrected chi connectivity index (χ0v) is 18.1. The van der Waals surface area contributed by atoms with Crippen LogP contribution in [0, 0.1) is 11.3 Å². The third-order valence-corrected chi connectivity index (χ3v) is 5.87. The van der Waals surface area contributed by atoms with Crippen molar-refractivity contribution in [1.29, 1.82) is 5.26 Å². The fourth-order valence-electron chi connectivity index (χ4n) is 4.01. The van der Waals surface area contributed by atoms with Crippen molar-refractivity contribution in [3.8, 4) is 6.07 Å². The number of allylic oxidation sites excluding steroid dienone is 2. The zero-order valence-electron chi connectivity index (χ0n) is 18.1. The van der Waals surface area contributed by atoms with E-state index in [1.807, 2.05) is 24.3 Å². The monoisotopic (exact) mass is 399 g/mol. The Kier molecular flexibility index (Phi) is 8.48. The topological polar surface area (TPSA) is 33.0 Å². The molecule has 0 aromatic heterocycles. The van der Waals surface area contributed by atoms with E-state index in [1.165, 1.54) is 49.7 Å². The Balaban J connectivity index is 1.62. The maximum atomic E-state index is 9.01. The molecule has 2 aromatic carbocycles. The molecule has 0 spiro atoms. The summed E-state index contributed by atoms with van der Waals surface area (Å²) in [6.07, 6.45) is 16.5. The number of hydrogen-bond acceptors (Lipinski definition) is 2. The number of benzene rings is 2. The molecule has 1 aliphatic rings. The summed E-state index contributed by atoms with van der Waals surface area (Å²) in [7, 11) is 0. The van der Waals surface area contributed by atoms with E-state index in [2.05, 4.69) is 61.6 Å². The van der Waals surface area contributed by atoms with Crippen molar-refractivity contribution in [2.24, 2.45) is 0 Å². The molecule has 0 fully saturated rings. The van der Waals surface area contributed by atoms with E-state index in [1.54, 1.807) is 0 Å². The zero-order chi connectivity index (χ0) is 21.1. The van der Waals surface area contributed by atoms with Crippen LogP contribution in [0.15, 0.2) is 72.8 Å². The molecule has 0 heterocycles. The predicted molar refractivity (Wildman–Crippen MR) is 125 cm³/mol. The fourth-order valence-corrected chi connectivity index (χ4v) is 4.01.